The van der Waals surface area contributed by atoms with Crippen LogP contribution in [0.3, 0.4) is 0 Å². The second kappa shape index (κ2) is 11.1. The van der Waals surface area contributed by atoms with Crippen molar-refractivity contribution in [1.29, 1.82) is 0 Å². The zero-order chi connectivity index (χ0) is 34.2. The summed E-state index contributed by atoms with van der Waals surface area (Å²) in [6.07, 6.45) is 1.91. The molecule has 0 bridgehead atoms. The predicted molar refractivity (Wildman–Crippen MR) is 216 cm³/mol. The van der Waals surface area contributed by atoms with Gasteiger partial charge in [0.05, 0.1) is 16.6 Å². The summed E-state index contributed by atoms with van der Waals surface area (Å²) < 4.78 is 0. The Kier molecular flexibility index (Phi) is 6.20. The number of hydrogen-bond donors (Lipinski definition) is 0. The van der Waals surface area contributed by atoms with E-state index in [0.717, 1.165) is 33.4 Å². The van der Waals surface area contributed by atoms with E-state index in [1.165, 1.54) is 61.0 Å². The zero-order valence-electron chi connectivity index (χ0n) is 28.4. The van der Waals surface area contributed by atoms with Gasteiger partial charge in [-0.15, -0.1) is 0 Å². The molecule has 0 aliphatic heterocycles. The summed E-state index contributed by atoms with van der Waals surface area (Å²) in [5, 5.41) is 3.44. The highest BCUT2D eigenvalue weighted by molar-refractivity contribution is 6.13. The number of benzene rings is 8. The second-order valence-electron chi connectivity index (χ2n) is 13.9. The molecule has 0 saturated heterocycles. The third kappa shape index (κ3) is 3.98. The first kappa shape index (κ1) is 29.0. The fourth-order valence-electron chi connectivity index (χ4n) is 9.16. The Balaban J connectivity index is 1.20. The zero-order valence-corrected chi connectivity index (χ0v) is 28.4. The Labute approximate surface area is 302 Å². The van der Waals surface area contributed by atoms with Crippen LogP contribution in [0.1, 0.15) is 22.3 Å². The molecule has 1 aromatic heterocycles. The molecule has 11 rings (SSSR count). The van der Waals surface area contributed by atoms with E-state index in [-0.39, 0.29) is 0 Å². The topological polar surface area (TPSA) is 16.1 Å². The third-order valence-corrected chi connectivity index (χ3v) is 11.3. The van der Waals surface area contributed by atoms with Crippen LogP contribution < -0.4 is 4.90 Å². The van der Waals surface area contributed by atoms with Crippen molar-refractivity contribution < 1.29 is 0 Å². The van der Waals surface area contributed by atoms with Gasteiger partial charge in [-0.2, -0.15) is 0 Å². The lowest BCUT2D eigenvalue weighted by Gasteiger charge is -2.32. The summed E-state index contributed by atoms with van der Waals surface area (Å²) in [7, 11) is 0. The van der Waals surface area contributed by atoms with Gasteiger partial charge in [0, 0.05) is 28.3 Å². The average Bonchev–Trinajstić information content (AvgIpc) is 3.69. The molecule has 8 aromatic carbocycles. The summed E-state index contributed by atoms with van der Waals surface area (Å²) in [5.74, 6) is 0. The molecular weight excluding hydrogens is 629 g/mol. The minimum absolute atomic E-state index is 0.426. The van der Waals surface area contributed by atoms with Gasteiger partial charge in [-0.1, -0.05) is 152 Å². The summed E-state index contributed by atoms with van der Waals surface area (Å²) >= 11 is 0. The lowest BCUT2D eigenvalue weighted by molar-refractivity contribution is 0.793. The highest BCUT2D eigenvalue weighted by atomic mass is 15.1. The Bertz CT molecular complexity index is 2790. The number of nitrogens with zero attached hydrogens (tertiary/aromatic N) is 2. The van der Waals surface area contributed by atoms with Crippen molar-refractivity contribution in [3.8, 4) is 33.4 Å². The number of hydrogen-bond acceptors (Lipinski definition) is 2. The second-order valence-corrected chi connectivity index (χ2v) is 13.9. The molecule has 52 heavy (non-hydrogen) atoms. The Morgan fingerprint density at radius 2 is 0.942 bits per heavy atom. The van der Waals surface area contributed by atoms with Crippen LogP contribution >= 0.6 is 0 Å². The molecule has 0 radical (unpaired) electrons. The maximum absolute atomic E-state index is 4.96. The Morgan fingerprint density at radius 3 is 1.63 bits per heavy atom. The molecule has 0 saturated carbocycles. The maximum Gasteiger partial charge on any atom is 0.0801 e. The van der Waals surface area contributed by atoms with E-state index in [9.17, 15) is 0 Å². The highest BCUT2D eigenvalue weighted by Crippen LogP contribution is 2.63. The van der Waals surface area contributed by atoms with Crippen LogP contribution in [0.2, 0.25) is 0 Å². The minimum atomic E-state index is -0.426. The first-order valence-corrected chi connectivity index (χ1v) is 18.0. The van der Waals surface area contributed by atoms with Crippen molar-refractivity contribution in [2.45, 2.75) is 5.41 Å². The van der Waals surface area contributed by atoms with Crippen molar-refractivity contribution >= 4 is 38.7 Å². The molecule has 2 nitrogen and oxygen atoms in total. The van der Waals surface area contributed by atoms with Gasteiger partial charge >= 0.3 is 0 Å². The average molecular weight is 661 g/mol. The first-order chi connectivity index (χ1) is 25.8. The number of aromatic nitrogens is 1. The van der Waals surface area contributed by atoms with Gasteiger partial charge in [0.25, 0.3) is 0 Å². The van der Waals surface area contributed by atoms with Crippen LogP contribution in [0.4, 0.5) is 17.1 Å². The maximum atomic E-state index is 4.96. The minimum Gasteiger partial charge on any atom is -0.310 e. The van der Waals surface area contributed by atoms with E-state index >= 15 is 0 Å². The molecule has 0 N–H and O–H groups in total. The van der Waals surface area contributed by atoms with Crippen molar-refractivity contribution in [1.82, 2.24) is 4.98 Å². The smallest absolute Gasteiger partial charge is 0.0801 e. The van der Waals surface area contributed by atoms with Crippen molar-refractivity contribution in [3.63, 3.8) is 0 Å². The van der Waals surface area contributed by atoms with Crippen LogP contribution in [0, 0.1) is 0 Å². The SMILES string of the molecule is c1ccc(-c2ccc(N(c3ccc4c(c3)C3(c5ccccc5-c5ccccc53)c3ccccc3-4)c3cccc4ccc5cccnc5c34)cc2)cc1. The lowest BCUT2D eigenvalue weighted by Crippen LogP contribution is -2.26. The summed E-state index contributed by atoms with van der Waals surface area (Å²) in [4.78, 5) is 7.40. The van der Waals surface area contributed by atoms with Gasteiger partial charge in [-0.05, 0) is 97.4 Å². The van der Waals surface area contributed by atoms with Gasteiger partial charge in [0.1, 0.15) is 0 Å². The van der Waals surface area contributed by atoms with E-state index in [1.807, 2.05) is 12.3 Å². The van der Waals surface area contributed by atoms with E-state index in [0.29, 0.717) is 0 Å². The standard InChI is InChI=1S/C50H32N2/c1-2-12-33(13-3-1)34-25-27-37(28-26-34)52(47-22-10-14-35-23-24-36-15-11-31-51-49(36)48(35)47)38-29-30-42-41-18-6-9-21-45(41)50(46(42)32-38)43-19-7-4-16-39(43)40-17-5-8-20-44(40)50/h1-32H. The summed E-state index contributed by atoms with van der Waals surface area (Å²) in [6, 6.07) is 69.0. The highest BCUT2D eigenvalue weighted by Gasteiger charge is 2.51. The van der Waals surface area contributed by atoms with Crippen molar-refractivity contribution in [2.24, 2.45) is 0 Å². The van der Waals surface area contributed by atoms with Gasteiger partial charge < -0.3 is 4.90 Å². The molecule has 0 atom stereocenters. The van der Waals surface area contributed by atoms with E-state index in [4.69, 9.17) is 4.98 Å². The Hall–Kier alpha value is -6.77. The lowest BCUT2D eigenvalue weighted by atomic mass is 9.70. The van der Waals surface area contributed by atoms with Crippen LogP contribution in [0.25, 0.3) is 55.1 Å². The fourth-order valence-corrected chi connectivity index (χ4v) is 9.16. The number of anilines is 3. The molecule has 2 aliphatic carbocycles. The number of fused-ring (bicyclic) bond motifs is 13. The van der Waals surface area contributed by atoms with Gasteiger partial charge in [-0.25, -0.2) is 0 Å². The fraction of sp³-hybridized carbons (Fsp3) is 0.0200. The molecule has 1 heterocycles. The quantitative estimate of drug-likeness (QED) is 0.175. The van der Waals surface area contributed by atoms with Crippen LogP contribution in [-0.4, -0.2) is 4.98 Å². The number of rotatable bonds is 4. The van der Waals surface area contributed by atoms with Crippen LogP contribution in [0.5, 0.6) is 0 Å². The molecule has 2 heteroatoms. The molecular formula is C50H32N2. The van der Waals surface area contributed by atoms with Crippen LogP contribution in [-0.2, 0) is 5.41 Å². The molecule has 9 aromatic rings. The van der Waals surface area contributed by atoms with Crippen LogP contribution in [0.15, 0.2) is 194 Å². The molecule has 1 spiro atoms. The predicted octanol–water partition coefficient (Wildman–Crippen LogP) is 12.9. The van der Waals surface area contributed by atoms with Gasteiger partial charge in [0.15, 0.2) is 0 Å². The van der Waals surface area contributed by atoms with E-state index in [1.54, 1.807) is 0 Å². The van der Waals surface area contributed by atoms with Crippen molar-refractivity contribution in [2.75, 3.05) is 4.90 Å². The van der Waals surface area contributed by atoms with E-state index < -0.39 is 5.41 Å². The molecule has 2 aliphatic rings. The molecule has 0 fully saturated rings. The summed E-state index contributed by atoms with van der Waals surface area (Å²) in [5.41, 5.74) is 16.9. The normalized spacial score (nSPS) is 13.2. The number of pyridine rings is 1. The molecule has 0 unspecified atom stereocenters. The van der Waals surface area contributed by atoms with Gasteiger partial charge in [-0.3, -0.25) is 4.98 Å². The van der Waals surface area contributed by atoms with Gasteiger partial charge in [0.2, 0.25) is 0 Å². The van der Waals surface area contributed by atoms with E-state index in [2.05, 4.69) is 187 Å². The van der Waals surface area contributed by atoms with Crippen molar-refractivity contribution in [3.05, 3.63) is 217 Å². The third-order valence-electron chi connectivity index (χ3n) is 11.3. The summed E-state index contributed by atoms with van der Waals surface area (Å²) in [6.45, 7) is 0. The molecule has 242 valence electrons. The largest absolute Gasteiger partial charge is 0.310 e. The monoisotopic (exact) mass is 660 g/mol. The first-order valence-electron chi connectivity index (χ1n) is 18.0. The Morgan fingerprint density at radius 1 is 0.385 bits per heavy atom. The molecule has 0 amide bonds.